The third-order valence-electron chi connectivity index (χ3n) is 3.27. The zero-order chi connectivity index (χ0) is 15.2. The minimum atomic E-state index is -0.237. The van der Waals surface area contributed by atoms with Crippen LogP contribution >= 0.6 is 0 Å². The van der Waals surface area contributed by atoms with Gasteiger partial charge < -0.3 is 15.3 Å². The molecular formula is C15H17N3O3. The summed E-state index contributed by atoms with van der Waals surface area (Å²) < 4.78 is 0. The molecule has 2 heterocycles. The van der Waals surface area contributed by atoms with Gasteiger partial charge in [-0.15, -0.1) is 0 Å². The van der Waals surface area contributed by atoms with Gasteiger partial charge in [0.15, 0.2) is 0 Å². The number of hydrogen-bond acceptors (Lipinski definition) is 4. The predicted molar refractivity (Wildman–Crippen MR) is 76.3 cm³/mol. The maximum Gasteiger partial charge on any atom is 0.253 e. The molecule has 0 spiro atoms. The summed E-state index contributed by atoms with van der Waals surface area (Å²) in [6, 6.07) is 1.58. The number of pyridine rings is 1. The van der Waals surface area contributed by atoms with E-state index in [2.05, 4.69) is 22.1 Å². The van der Waals surface area contributed by atoms with Crippen molar-refractivity contribution in [3.8, 4) is 11.8 Å². The Morgan fingerprint density at radius 3 is 3.10 bits per heavy atom. The molecular weight excluding hydrogens is 270 g/mol. The number of rotatable bonds is 2. The van der Waals surface area contributed by atoms with Crippen LogP contribution in [0.1, 0.15) is 28.8 Å². The number of piperidine rings is 1. The first-order chi connectivity index (χ1) is 10.1. The third-order valence-corrected chi connectivity index (χ3v) is 3.27. The first-order valence-corrected chi connectivity index (χ1v) is 6.69. The number of aliphatic hydroxyl groups is 1. The van der Waals surface area contributed by atoms with Crippen LogP contribution in [0, 0.1) is 11.8 Å². The van der Waals surface area contributed by atoms with Gasteiger partial charge in [-0.3, -0.25) is 14.6 Å². The second-order valence-electron chi connectivity index (χ2n) is 4.91. The van der Waals surface area contributed by atoms with Gasteiger partial charge in [-0.25, -0.2) is 0 Å². The summed E-state index contributed by atoms with van der Waals surface area (Å²) >= 11 is 0. The van der Waals surface area contributed by atoms with Gasteiger partial charge in [0, 0.05) is 44.0 Å². The number of carbonyl (C=O) groups excluding carboxylic acids is 2. The summed E-state index contributed by atoms with van der Waals surface area (Å²) in [5.74, 6) is 5.09. The van der Waals surface area contributed by atoms with Gasteiger partial charge >= 0.3 is 0 Å². The molecule has 6 heteroatoms. The van der Waals surface area contributed by atoms with Gasteiger partial charge in [-0.05, 0) is 12.5 Å². The molecule has 1 aliphatic rings. The van der Waals surface area contributed by atoms with E-state index in [9.17, 15) is 9.59 Å². The zero-order valence-corrected chi connectivity index (χ0v) is 11.8. The standard InChI is InChI=1S/C15H17N3O3/c1-18-10-13(4-5-14(18)20)17-15(21)12-7-11(3-2-6-19)8-16-9-12/h7-9,13,19H,4-6,10H2,1H3,(H,17,21). The number of nitrogens with zero attached hydrogens (tertiary/aromatic N) is 2. The molecule has 1 aliphatic heterocycles. The average molecular weight is 287 g/mol. The lowest BCUT2D eigenvalue weighted by atomic mass is 10.1. The van der Waals surface area contributed by atoms with Crippen LogP contribution in [0.5, 0.6) is 0 Å². The van der Waals surface area contributed by atoms with Crippen molar-refractivity contribution >= 4 is 11.8 Å². The maximum absolute atomic E-state index is 12.2. The molecule has 21 heavy (non-hydrogen) atoms. The van der Waals surface area contributed by atoms with Gasteiger partial charge in [-0.2, -0.15) is 0 Å². The van der Waals surface area contributed by atoms with Gasteiger partial charge in [0.2, 0.25) is 5.91 Å². The van der Waals surface area contributed by atoms with Crippen LogP contribution in [0.25, 0.3) is 0 Å². The van der Waals surface area contributed by atoms with Crippen LogP contribution < -0.4 is 5.32 Å². The molecule has 2 N–H and O–H groups in total. The first kappa shape index (κ1) is 15.0. The van der Waals surface area contributed by atoms with Crippen molar-refractivity contribution in [1.82, 2.24) is 15.2 Å². The van der Waals surface area contributed by atoms with Crippen molar-refractivity contribution in [3.63, 3.8) is 0 Å². The number of likely N-dealkylation sites (N-methyl/N-ethyl adjacent to an activating group) is 1. The van der Waals surface area contributed by atoms with E-state index in [1.807, 2.05) is 0 Å². The summed E-state index contributed by atoms with van der Waals surface area (Å²) in [5.41, 5.74) is 0.993. The fraction of sp³-hybridized carbons (Fsp3) is 0.400. The minimum Gasteiger partial charge on any atom is -0.384 e. The van der Waals surface area contributed by atoms with Crippen molar-refractivity contribution in [2.24, 2.45) is 0 Å². The summed E-state index contributed by atoms with van der Waals surface area (Å²) in [7, 11) is 1.73. The lowest BCUT2D eigenvalue weighted by Gasteiger charge is -2.30. The second-order valence-corrected chi connectivity index (χ2v) is 4.91. The minimum absolute atomic E-state index is 0.0487. The predicted octanol–water partition coefficient (Wildman–Crippen LogP) is -0.224. The van der Waals surface area contributed by atoms with Crippen LogP contribution in [-0.2, 0) is 4.79 Å². The fourth-order valence-corrected chi connectivity index (χ4v) is 2.17. The molecule has 0 saturated carbocycles. The molecule has 6 nitrogen and oxygen atoms in total. The number of aromatic nitrogens is 1. The molecule has 1 atom stereocenters. The molecule has 0 bridgehead atoms. The van der Waals surface area contributed by atoms with Crippen molar-refractivity contribution in [2.45, 2.75) is 18.9 Å². The molecule has 2 amide bonds. The fourth-order valence-electron chi connectivity index (χ4n) is 2.17. The lowest BCUT2D eigenvalue weighted by molar-refractivity contribution is -0.132. The molecule has 110 valence electrons. The Morgan fingerprint density at radius 2 is 2.38 bits per heavy atom. The molecule has 0 aromatic carbocycles. The normalized spacial score (nSPS) is 17.9. The average Bonchev–Trinajstić information content (AvgIpc) is 2.49. The molecule has 1 aromatic heterocycles. The quantitative estimate of drug-likeness (QED) is 0.737. The van der Waals surface area contributed by atoms with Crippen LogP contribution in [0.15, 0.2) is 18.5 Å². The monoisotopic (exact) mass is 287 g/mol. The number of carbonyl (C=O) groups is 2. The van der Waals surface area contributed by atoms with Crippen LogP contribution in [-0.4, -0.2) is 53.0 Å². The number of likely N-dealkylation sites (tertiary alicyclic amines) is 1. The van der Waals surface area contributed by atoms with E-state index in [0.717, 1.165) is 0 Å². The zero-order valence-electron chi connectivity index (χ0n) is 11.8. The summed E-state index contributed by atoms with van der Waals surface area (Å²) in [6.07, 6.45) is 4.09. The SMILES string of the molecule is CN1CC(NC(=O)c2cncc(C#CCO)c2)CCC1=O. The molecule has 2 rings (SSSR count). The molecule has 1 aromatic rings. The van der Waals surface area contributed by atoms with Gasteiger partial charge in [0.05, 0.1) is 5.56 Å². The number of nitrogens with one attached hydrogen (secondary N) is 1. The van der Waals surface area contributed by atoms with Gasteiger partial charge in [0.1, 0.15) is 6.61 Å². The van der Waals surface area contributed by atoms with E-state index in [-0.39, 0.29) is 24.5 Å². The largest absolute Gasteiger partial charge is 0.384 e. The Balaban J connectivity index is 2.02. The van der Waals surface area contributed by atoms with E-state index in [1.54, 1.807) is 18.0 Å². The molecule has 1 fully saturated rings. The van der Waals surface area contributed by atoms with E-state index < -0.39 is 0 Å². The molecule has 0 radical (unpaired) electrons. The van der Waals surface area contributed by atoms with Gasteiger partial charge in [0.25, 0.3) is 5.91 Å². The highest BCUT2D eigenvalue weighted by Crippen LogP contribution is 2.10. The van der Waals surface area contributed by atoms with Crippen LogP contribution in [0.4, 0.5) is 0 Å². The van der Waals surface area contributed by atoms with E-state index in [4.69, 9.17) is 5.11 Å². The summed E-state index contributed by atoms with van der Waals surface area (Å²) in [6.45, 7) is 0.279. The van der Waals surface area contributed by atoms with E-state index >= 15 is 0 Å². The Bertz CT molecular complexity index is 604. The van der Waals surface area contributed by atoms with Crippen LogP contribution in [0.3, 0.4) is 0 Å². The van der Waals surface area contributed by atoms with Crippen LogP contribution in [0.2, 0.25) is 0 Å². The van der Waals surface area contributed by atoms with Crippen molar-refractivity contribution in [3.05, 3.63) is 29.6 Å². The Kier molecular flexibility index (Phi) is 4.90. The van der Waals surface area contributed by atoms with E-state index in [0.29, 0.717) is 30.5 Å². The highest BCUT2D eigenvalue weighted by Gasteiger charge is 2.24. The highest BCUT2D eigenvalue weighted by atomic mass is 16.2. The Labute approximate surface area is 123 Å². The number of amides is 2. The van der Waals surface area contributed by atoms with Crippen molar-refractivity contribution in [2.75, 3.05) is 20.2 Å². The topological polar surface area (TPSA) is 82.5 Å². The van der Waals surface area contributed by atoms with Crippen molar-refractivity contribution < 1.29 is 14.7 Å². The molecule has 0 aliphatic carbocycles. The van der Waals surface area contributed by atoms with Gasteiger partial charge in [-0.1, -0.05) is 11.8 Å². The number of aliphatic hydroxyl groups excluding tert-OH is 1. The Hall–Kier alpha value is -2.39. The number of hydrogen-bond donors (Lipinski definition) is 2. The molecule has 1 saturated heterocycles. The third kappa shape index (κ3) is 4.04. The second kappa shape index (κ2) is 6.86. The lowest BCUT2D eigenvalue weighted by Crippen LogP contribution is -2.48. The highest BCUT2D eigenvalue weighted by molar-refractivity contribution is 5.94. The van der Waals surface area contributed by atoms with E-state index in [1.165, 1.54) is 12.4 Å². The summed E-state index contributed by atoms with van der Waals surface area (Å²) in [4.78, 5) is 29.2. The molecule has 1 unspecified atom stereocenters. The smallest absolute Gasteiger partial charge is 0.253 e. The first-order valence-electron chi connectivity index (χ1n) is 6.69. The Morgan fingerprint density at radius 1 is 1.57 bits per heavy atom. The summed E-state index contributed by atoms with van der Waals surface area (Å²) in [5, 5.41) is 11.6. The maximum atomic E-state index is 12.2. The van der Waals surface area contributed by atoms with Crippen molar-refractivity contribution in [1.29, 1.82) is 0 Å².